The number of carboxylic acid groups (broad SMARTS) is 1. The van der Waals surface area contributed by atoms with E-state index in [9.17, 15) is 9.59 Å². The van der Waals surface area contributed by atoms with Gasteiger partial charge >= 0.3 is 5.97 Å². The maximum absolute atomic E-state index is 11.4. The first-order valence-corrected chi connectivity index (χ1v) is 4.93. The van der Waals surface area contributed by atoms with Crippen LogP contribution in [0.4, 0.5) is 5.82 Å². The number of carboxylic acids is 1. The number of hydrogen-bond donors (Lipinski definition) is 1. The molecule has 2 heterocycles. The molecule has 1 N–H and O–H groups in total. The van der Waals surface area contributed by atoms with Crippen LogP contribution in [0.25, 0.3) is 0 Å². The number of aliphatic carboxylic acids is 1. The SMILES string of the molecule is CC(=O)N1CCC(C(=O)O)c2nnn(C)c21. The van der Waals surface area contributed by atoms with Crippen LogP contribution in [-0.4, -0.2) is 38.5 Å². The van der Waals surface area contributed by atoms with E-state index in [-0.39, 0.29) is 5.91 Å². The summed E-state index contributed by atoms with van der Waals surface area (Å²) in [5.74, 6) is -1.23. The molecule has 1 amide bonds. The number of nitrogens with zero attached hydrogens (tertiary/aromatic N) is 4. The molecule has 0 radical (unpaired) electrons. The van der Waals surface area contributed by atoms with Crippen molar-refractivity contribution in [3.8, 4) is 0 Å². The van der Waals surface area contributed by atoms with Crippen molar-refractivity contribution in [1.29, 1.82) is 0 Å². The molecule has 2 rings (SSSR count). The number of aromatic nitrogens is 3. The van der Waals surface area contributed by atoms with E-state index in [4.69, 9.17) is 5.11 Å². The largest absolute Gasteiger partial charge is 0.481 e. The maximum atomic E-state index is 11.4. The first-order valence-electron chi connectivity index (χ1n) is 4.93. The Hall–Kier alpha value is -1.92. The van der Waals surface area contributed by atoms with Gasteiger partial charge in [-0.2, -0.15) is 0 Å². The number of rotatable bonds is 1. The molecule has 1 unspecified atom stereocenters. The predicted octanol–water partition coefficient (Wildman–Crippen LogP) is -0.260. The fraction of sp³-hybridized carbons (Fsp3) is 0.556. The zero-order valence-corrected chi connectivity index (χ0v) is 9.04. The number of carbonyl (C=O) groups is 2. The van der Waals surface area contributed by atoms with Crippen LogP contribution in [0.15, 0.2) is 0 Å². The van der Waals surface area contributed by atoms with Gasteiger partial charge in [-0.1, -0.05) is 5.21 Å². The summed E-state index contributed by atoms with van der Waals surface area (Å²) in [5, 5.41) is 16.6. The van der Waals surface area contributed by atoms with Crippen LogP contribution >= 0.6 is 0 Å². The van der Waals surface area contributed by atoms with Crippen molar-refractivity contribution in [2.45, 2.75) is 19.3 Å². The van der Waals surface area contributed by atoms with Gasteiger partial charge in [-0.05, 0) is 6.42 Å². The van der Waals surface area contributed by atoms with Gasteiger partial charge in [0.05, 0.1) is 0 Å². The lowest BCUT2D eigenvalue weighted by Crippen LogP contribution is -2.37. The zero-order chi connectivity index (χ0) is 11.9. The van der Waals surface area contributed by atoms with E-state index < -0.39 is 11.9 Å². The molecule has 0 spiro atoms. The molecule has 0 aromatic carbocycles. The molecule has 7 heteroatoms. The molecule has 7 nitrogen and oxygen atoms in total. The lowest BCUT2D eigenvalue weighted by Gasteiger charge is -2.28. The van der Waals surface area contributed by atoms with E-state index in [1.807, 2.05) is 0 Å². The Morgan fingerprint density at radius 3 is 2.75 bits per heavy atom. The van der Waals surface area contributed by atoms with Crippen molar-refractivity contribution in [2.75, 3.05) is 11.4 Å². The van der Waals surface area contributed by atoms with Gasteiger partial charge in [0.1, 0.15) is 11.6 Å². The summed E-state index contributed by atoms with van der Waals surface area (Å²) in [6.45, 7) is 1.83. The van der Waals surface area contributed by atoms with Crippen molar-refractivity contribution in [3.63, 3.8) is 0 Å². The van der Waals surface area contributed by atoms with Gasteiger partial charge in [-0.25, -0.2) is 4.68 Å². The van der Waals surface area contributed by atoms with Gasteiger partial charge in [-0.3, -0.25) is 14.5 Å². The topological polar surface area (TPSA) is 88.3 Å². The summed E-state index contributed by atoms with van der Waals surface area (Å²) in [6.07, 6.45) is 0.376. The summed E-state index contributed by atoms with van der Waals surface area (Å²) in [7, 11) is 1.64. The first-order chi connectivity index (χ1) is 7.52. The van der Waals surface area contributed by atoms with E-state index in [1.54, 1.807) is 7.05 Å². The molecule has 1 atom stereocenters. The number of hydrogen-bond acceptors (Lipinski definition) is 4. The van der Waals surface area contributed by atoms with Crippen LogP contribution in [0.1, 0.15) is 25.0 Å². The molecule has 1 aliphatic rings. The quantitative estimate of drug-likeness (QED) is 0.710. The van der Waals surface area contributed by atoms with Gasteiger partial charge in [0.2, 0.25) is 5.91 Å². The fourth-order valence-corrected chi connectivity index (χ4v) is 1.95. The minimum Gasteiger partial charge on any atom is -0.481 e. The van der Waals surface area contributed by atoms with Crippen molar-refractivity contribution in [1.82, 2.24) is 15.0 Å². The Kier molecular flexibility index (Phi) is 2.37. The van der Waals surface area contributed by atoms with Crippen molar-refractivity contribution >= 4 is 17.7 Å². The third-order valence-electron chi connectivity index (χ3n) is 2.73. The first kappa shape index (κ1) is 10.6. The van der Waals surface area contributed by atoms with Crippen LogP contribution < -0.4 is 4.90 Å². The standard InChI is InChI=1S/C9H12N4O3/c1-5(14)13-4-3-6(9(15)16)7-8(13)12(2)11-10-7/h6H,3-4H2,1-2H3,(H,15,16). The molecule has 0 saturated heterocycles. The maximum Gasteiger partial charge on any atom is 0.312 e. The second-order valence-corrected chi connectivity index (χ2v) is 3.77. The fourth-order valence-electron chi connectivity index (χ4n) is 1.95. The van der Waals surface area contributed by atoms with E-state index in [1.165, 1.54) is 16.5 Å². The monoisotopic (exact) mass is 224 g/mol. The highest BCUT2D eigenvalue weighted by Crippen LogP contribution is 2.33. The second-order valence-electron chi connectivity index (χ2n) is 3.77. The number of amides is 1. The van der Waals surface area contributed by atoms with Gasteiger partial charge in [0, 0.05) is 20.5 Å². The third-order valence-corrected chi connectivity index (χ3v) is 2.73. The van der Waals surface area contributed by atoms with Gasteiger partial charge in [0.15, 0.2) is 5.82 Å². The molecule has 0 fully saturated rings. The van der Waals surface area contributed by atoms with E-state index in [0.717, 1.165) is 0 Å². The van der Waals surface area contributed by atoms with E-state index in [2.05, 4.69) is 10.3 Å². The van der Waals surface area contributed by atoms with Gasteiger partial charge in [0.25, 0.3) is 0 Å². The second kappa shape index (κ2) is 3.58. The predicted molar refractivity (Wildman–Crippen MR) is 54.0 cm³/mol. The molecule has 0 bridgehead atoms. The Labute approximate surface area is 91.7 Å². The molecule has 0 saturated carbocycles. The number of aryl methyl sites for hydroxylation is 1. The minimum atomic E-state index is -0.926. The van der Waals surface area contributed by atoms with E-state index >= 15 is 0 Å². The zero-order valence-electron chi connectivity index (χ0n) is 9.04. The molecule has 1 aliphatic heterocycles. The molecule has 1 aromatic rings. The highest BCUT2D eigenvalue weighted by Gasteiger charge is 2.35. The number of carbonyl (C=O) groups excluding carboxylic acids is 1. The van der Waals surface area contributed by atoms with Crippen molar-refractivity contribution in [3.05, 3.63) is 5.69 Å². The molecule has 0 aliphatic carbocycles. The highest BCUT2D eigenvalue weighted by atomic mass is 16.4. The molecule has 1 aromatic heterocycles. The molecule has 16 heavy (non-hydrogen) atoms. The Morgan fingerprint density at radius 2 is 2.19 bits per heavy atom. The molecular formula is C9H12N4O3. The average molecular weight is 224 g/mol. The van der Waals surface area contributed by atoms with Gasteiger partial charge < -0.3 is 5.11 Å². The summed E-state index contributed by atoms with van der Waals surface area (Å²) in [4.78, 5) is 23.9. The van der Waals surface area contributed by atoms with Crippen molar-refractivity contribution < 1.29 is 14.7 Å². The lowest BCUT2D eigenvalue weighted by atomic mass is 9.97. The van der Waals surface area contributed by atoms with Crippen molar-refractivity contribution in [2.24, 2.45) is 7.05 Å². The smallest absolute Gasteiger partial charge is 0.312 e. The average Bonchev–Trinajstić information content (AvgIpc) is 2.59. The van der Waals surface area contributed by atoms with E-state index in [0.29, 0.717) is 24.5 Å². The Balaban J connectivity index is 2.50. The Morgan fingerprint density at radius 1 is 1.50 bits per heavy atom. The highest BCUT2D eigenvalue weighted by molar-refractivity contribution is 5.93. The van der Waals surface area contributed by atoms with Crippen LogP contribution in [0, 0.1) is 0 Å². The third kappa shape index (κ3) is 1.44. The summed E-state index contributed by atoms with van der Waals surface area (Å²) in [6, 6.07) is 0. The molecular weight excluding hydrogens is 212 g/mol. The van der Waals surface area contributed by atoms with Crippen LogP contribution in [0.2, 0.25) is 0 Å². The number of fused-ring (bicyclic) bond motifs is 1. The van der Waals surface area contributed by atoms with Crippen LogP contribution in [0.3, 0.4) is 0 Å². The lowest BCUT2D eigenvalue weighted by molar-refractivity contribution is -0.139. The number of anilines is 1. The Bertz CT molecular complexity index is 454. The van der Waals surface area contributed by atoms with Crippen LogP contribution in [0.5, 0.6) is 0 Å². The summed E-state index contributed by atoms with van der Waals surface area (Å²) < 4.78 is 1.44. The summed E-state index contributed by atoms with van der Waals surface area (Å²) in [5.41, 5.74) is 0.372. The molecule has 86 valence electrons. The minimum absolute atomic E-state index is 0.129. The summed E-state index contributed by atoms with van der Waals surface area (Å²) >= 11 is 0. The van der Waals surface area contributed by atoms with Crippen LogP contribution in [-0.2, 0) is 16.6 Å². The normalized spacial score (nSPS) is 19.4. The van der Waals surface area contributed by atoms with Gasteiger partial charge in [-0.15, -0.1) is 5.10 Å².